The van der Waals surface area contributed by atoms with Gasteiger partial charge in [0.05, 0.1) is 0 Å². The molecule has 1 aromatic carbocycles. The lowest BCUT2D eigenvalue weighted by Crippen LogP contribution is -2.41. The third-order valence-electron chi connectivity index (χ3n) is 4.99. The first-order valence-electron chi connectivity index (χ1n) is 9.13. The average Bonchev–Trinajstić information content (AvgIpc) is 2.65. The highest BCUT2D eigenvalue weighted by atomic mass is 127. The Morgan fingerprint density at radius 2 is 1.76 bits per heavy atom. The van der Waals surface area contributed by atoms with Crippen LogP contribution in [0.4, 0.5) is 0 Å². The number of likely N-dealkylation sites (tertiary alicyclic amines) is 1. The zero-order chi connectivity index (χ0) is 16.8. The van der Waals surface area contributed by atoms with E-state index in [-0.39, 0.29) is 29.9 Å². The predicted molar refractivity (Wildman–Crippen MR) is 112 cm³/mol. The SMILES string of the molecule is I.NC(=NCCCC(=O)N1CCc2ccccc2C1)N1CCCCC1. The van der Waals surface area contributed by atoms with Gasteiger partial charge in [0.15, 0.2) is 5.96 Å². The maximum absolute atomic E-state index is 12.4. The Kier molecular flexibility index (Phi) is 7.99. The van der Waals surface area contributed by atoms with E-state index in [4.69, 9.17) is 5.73 Å². The summed E-state index contributed by atoms with van der Waals surface area (Å²) in [6, 6.07) is 8.40. The number of hydrogen-bond acceptors (Lipinski definition) is 2. The van der Waals surface area contributed by atoms with Crippen LogP contribution in [0, 0.1) is 0 Å². The van der Waals surface area contributed by atoms with Crippen LogP contribution in [0.25, 0.3) is 0 Å². The van der Waals surface area contributed by atoms with E-state index in [1.807, 2.05) is 11.0 Å². The molecule has 2 aliphatic heterocycles. The highest BCUT2D eigenvalue weighted by molar-refractivity contribution is 14.0. The first kappa shape index (κ1) is 20.0. The van der Waals surface area contributed by atoms with E-state index < -0.39 is 0 Å². The predicted octanol–water partition coefficient (Wildman–Crippen LogP) is 2.77. The van der Waals surface area contributed by atoms with E-state index in [9.17, 15) is 4.79 Å². The topological polar surface area (TPSA) is 61.9 Å². The van der Waals surface area contributed by atoms with Gasteiger partial charge in [0.2, 0.25) is 5.91 Å². The Hall–Kier alpha value is -1.31. The number of hydrogen-bond donors (Lipinski definition) is 1. The van der Waals surface area contributed by atoms with Gasteiger partial charge in [-0.25, -0.2) is 0 Å². The van der Waals surface area contributed by atoms with E-state index in [1.54, 1.807) is 0 Å². The summed E-state index contributed by atoms with van der Waals surface area (Å²) in [5.41, 5.74) is 8.70. The smallest absolute Gasteiger partial charge is 0.222 e. The van der Waals surface area contributed by atoms with E-state index >= 15 is 0 Å². The van der Waals surface area contributed by atoms with Gasteiger partial charge < -0.3 is 15.5 Å². The number of fused-ring (bicyclic) bond motifs is 1. The van der Waals surface area contributed by atoms with Crippen LogP contribution in [0.2, 0.25) is 0 Å². The number of nitrogens with zero attached hydrogens (tertiary/aromatic N) is 3. The van der Waals surface area contributed by atoms with Gasteiger partial charge in [-0.15, -0.1) is 24.0 Å². The molecule has 6 heteroatoms. The zero-order valence-corrected chi connectivity index (χ0v) is 17.2. The molecule has 1 saturated heterocycles. The Bertz CT molecular complexity index is 599. The molecule has 0 radical (unpaired) electrons. The van der Waals surface area contributed by atoms with Crippen molar-refractivity contribution in [3.05, 3.63) is 35.4 Å². The van der Waals surface area contributed by atoms with Gasteiger partial charge in [0.1, 0.15) is 0 Å². The molecule has 1 aromatic rings. The normalized spacial score (nSPS) is 17.7. The molecule has 1 fully saturated rings. The number of nitrogens with two attached hydrogens (primary N) is 1. The lowest BCUT2D eigenvalue weighted by Gasteiger charge is -2.29. The Morgan fingerprint density at radius 1 is 1.04 bits per heavy atom. The van der Waals surface area contributed by atoms with Crippen molar-refractivity contribution in [1.82, 2.24) is 9.80 Å². The second-order valence-electron chi connectivity index (χ2n) is 6.73. The molecule has 1 amide bonds. The second kappa shape index (κ2) is 9.99. The molecule has 0 bridgehead atoms. The molecule has 0 atom stereocenters. The summed E-state index contributed by atoms with van der Waals surface area (Å²) in [6.45, 7) is 4.24. The van der Waals surface area contributed by atoms with E-state index in [0.717, 1.165) is 39.0 Å². The van der Waals surface area contributed by atoms with E-state index in [2.05, 4.69) is 28.1 Å². The van der Waals surface area contributed by atoms with Gasteiger partial charge in [-0.3, -0.25) is 9.79 Å². The van der Waals surface area contributed by atoms with Crippen LogP contribution in [0.3, 0.4) is 0 Å². The summed E-state index contributed by atoms with van der Waals surface area (Å²) in [5.74, 6) is 0.880. The molecule has 0 unspecified atom stereocenters. The highest BCUT2D eigenvalue weighted by Gasteiger charge is 2.19. The second-order valence-corrected chi connectivity index (χ2v) is 6.73. The summed E-state index contributed by atoms with van der Waals surface area (Å²) in [6.07, 6.45) is 5.97. The van der Waals surface area contributed by atoms with Crippen molar-refractivity contribution in [2.24, 2.45) is 10.7 Å². The van der Waals surface area contributed by atoms with Crippen molar-refractivity contribution < 1.29 is 4.79 Å². The highest BCUT2D eigenvalue weighted by Crippen LogP contribution is 2.19. The van der Waals surface area contributed by atoms with Crippen molar-refractivity contribution in [3.63, 3.8) is 0 Å². The molecule has 0 aliphatic carbocycles. The number of carbonyl (C=O) groups is 1. The van der Waals surface area contributed by atoms with Gasteiger partial charge in [0.25, 0.3) is 0 Å². The third-order valence-corrected chi connectivity index (χ3v) is 4.99. The molecule has 138 valence electrons. The summed E-state index contributed by atoms with van der Waals surface area (Å²) >= 11 is 0. The summed E-state index contributed by atoms with van der Waals surface area (Å²) < 4.78 is 0. The minimum absolute atomic E-state index is 0. The Balaban J connectivity index is 0.00000225. The van der Waals surface area contributed by atoms with Gasteiger partial charge in [-0.05, 0) is 43.2 Å². The van der Waals surface area contributed by atoms with Gasteiger partial charge in [0, 0.05) is 39.1 Å². The van der Waals surface area contributed by atoms with Crippen molar-refractivity contribution >= 4 is 35.8 Å². The number of amides is 1. The zero-order valence-electron chi connectivity index (χ0n) is 14.8. The molecule has 3 rings (SSSR count). The number of aliphatic imine (C=N–C) groups is 1. The minimum Gasteiger partial charge on any atom is -0.370 e. The van der Waals surface area contributed by atoms with Crippen LogP contribution in [0.1, 0.15) is 43.2 Å². The van der Waals surface area contributed by atoms with Crippen LogP contribution in [0.15, 0.2) is 29.3 Å². The van der Waals surface area contributed by atoms with Gasteiger partial charge in [-0.2, -0.15) is 0 Å². The van der Waals surface area contributed by atoms with Crippen LogP contribution >= 0.6 is 24.0 Å². The Morgan fingerprint density at radius 3 is 2.52 bits per heavy atom. The van der Waals surface area contributed by atoms with Crippen molar-refractivity contribution in [3.8, 4) is 0 Å². The molecular weight excluding hydrogens is 427 g/mol. The minimum atomic E-state index is 0. The maximum Gasteiger partial charge on any atom is 0.222 e. The van der Waals surface area contributed by atoms with E-state index in [0.29, 0.717) is 18.9 Å². The van der Waals surface area contributed by atoms with Gasteiger partial charge in [-0.1, -0.05) is 24.3 Å². The number of rotatable bonds is 4. The third kappa shape index (κ3) is 5.59. The monoisotopic (exact) mass is 456 g/mol. The standard InChI is InChI=1S/C19H28N4O.HI/c20-19(22-12-4-1-5-13-22)21-11-6-9-18(24)23-14-10-16-7-2-3-8-17(16)15-23;/h2-3,7-8H,1,4-6,9-15H2,(H2,20,21);1H. The summed E-state index contributed by atoms with van der Waals surface area (Å²) in [7, 11) is 0. The van der Waals surface area contributed by atoms with Crippen LogP contribution in [0.5, 0.6) is 0 Å². The number of benzene rings is 1. The number of piperidine rings is 1. The van der Waals surface area contributed by atoms with Crippen molar-refractivity contribution in [1.29, 1.82) is 0 Å². The van der Waals surface area contributed by atoms with Gasteiger partial charge >= 0.3 is 0 Å². The molecule has 5 nitrogen and oxygen atoms in total. The lowest BCUT2D eigenvalue weighted by molar-refractivity contribution is -0.132. The molecule has 0 saturated carbocycles. The fourth-order valence-electron chi connectivity index (χ4n) is 3.51. The lowest BCUT2D eigenvalue weighted by atomic mass is 9.99. The Labute approximate surface area is 167 Å². The summed E-state index contributed by atoms with van der Waals surface area (Å²) in [4.78, 5) is 21.0. The molecule has 2 aliphatic rings. The van der Waals surface area contributed by atoms with Crippen molar-refractivity contribution in [2.75, 3.05) is 26.2 Å². The molecule has 0 spiro atoms. The summed E-state index contributed by atoms with van der Waals surface area (Å²) in [5, 5.41) is 0. The first-order valence-corrected chi connectivity index (χ1v) is 9.13. The molecule has 0 aromatic heterocycles. The fourth-order valence-corrected chi connectivity index (χ4v) is 3.51. The number of carbonyl (C=O) groups excluding carboxylic acids is 1. The van der Waals surface area contributed by atoms with Crippen molar-refractivity contribution in [2.45, 2.75) is 45.1 Å². The fraction of sp³-hybridized carbons (Fsp3) is 0.579. The largest absolute Gasteiger partial charge is 0.370 e. The first-order chi connectivity index (χ1) is 11.7. The van der Waals surface area contributed by atoms with Crippen LogP contribution in [-0.2, 0) is 17.8 Å². The molecular formula is C19H29IN4O. The number of halogens is 1. The molecule has 2 N–H and O–H groups in total. The maximum atomic E-state index is 12.4. The quantitative estimate of drug-likeness (QED) is 0.328. The number of guanidine groups is 1. The van der Waals surface area contributed by atoms with Crippen LogP contribution < -0.4 is 5.73 Å². The van der Waals surface area contributed by atoms with Crippen LogP contribution in [-0.4, -0.2) is 47.8 Å². The van der Waals surface area contributed by atoms with E-state index in [1.165, 1.54) is 30.4 Å². The molecule has 2 heterocycles. The average molecular weight is 456 g/mol. The molecule has 25 heavy (non-hydrogen) atoms.